The van der Waals surface area contributed by atoms with Gasteiger partial charge in [0, 0.05) is 44.4 Å². The van der Waals surface area contributed by atoms with Gasteiger partial charge in [-0.25, -0.2) is 0 Å². The number of nitrogens with zero attached hydrogens (tertiary/aromatic N) is 2. The zero-order chi connectivity index (χ0) is 16.2. The fourth-order valence-corrected chi connectivity index (χ4v) is 3.03. The van der Waals surface area contributed by atoms with Crippen molar-refractivity contribution in [1.82, 2.24) is 15.2 Å². The molecule has 1 aliphatic heterocycles. The maximum Gasteiger partial charge on any atom is 0.255 e. The predicted octanol–water partition coefficient (Wildman–Crippen LogP) is 1.21. The second-order valence-electron chi connectivity index (χ2n) is 5.93. The molecule has 2 atom stereocenters. The third kappa shape index (κ3) is 3.60. The standard InChI is InChI=1S/C17H21N3O3/c1-12-15(5-7-23-12)17(22)19-16-10-20(8-13(16)11-21)9-14-4-2-3-6-18-14/h2-7,13,16,21H,8-11H2,1H3,(H,19,22)/t13-,16+/m0/s1. The zero-order valence-electron chi connectivity index (χ0n) is 13.1. The van der Waals surface area contributed by atoms with Crippen LogP contribution >= 0.6 is 0 Å². The summed E-state index contributed by atoms with van der Waals surface area (Å²) >= 11 is 0. The highest BCUT2D eigenvalue weighted by atomic mass is 16.3. The van der Waals surface area contributed by atoms with Crippen molar-refractivity contribution in [3.63, 3.8) is 0 Å². The van der Waals surface area contributed by atoms with E-state index in [9.17, 15) is 9.90 Å². The average Bonchev–Trinajstić information content (AvgIpc) is 3.14. The molecule has 0 aromatic carbocycles. The van der Waals surface area contributed by atoms with Gasteiger partial charge in [-0.1, -0.05) is 6.07 Å². The van der Waals surface area contributed by atoms with Crippen molar-refractivity contribution in [2.45, 2.75) is 19.5 Å². The van der Waals surface area contributed by atoms with Gasteiger partial charge in [0.2, 0.25) is 0 Å². The summed E-state index contributed by atoms with van der Waals surface area (Å²) in [6.07, 6.45) is 3.28. The zero-order valence-corrected chi connectivity index (χ0v) is 13.1. The van der Waals surface area contributed by atoms with Crippen LogP contribution in [0.2, 0.25) is 0 Å². The first kappa shape index (κ1) is 15.7. The number of likely N-dealkylation sites (tertiary alicyclic amines) is 1. The normalized spacial score (nSPS) is 21.5. The Morgan fingerprint density at radius 2 is 2.30 bits per heavy atom. The average molecular weight is 315 g/mol. The second-order valence-corrected chi connectivity index (χ2v) is 5.93. The summed E-state index contributed by atoms with van der Waals surface area (Å²) in [4.78, 5) is 18.9. The first-order valence-corrected chi connectivity index (χ1v) is 7.75. The van der Waals surface area contributed by atoms with Gasteiger partial charge in [-0.2, -0.15) is 0 Å². The number of hydrogen-bond donors (Lipinski definition) is 2. The number of carbonyl (C=O) groups is 1. The summed E-state index contributed by atoms with van der Waals surface area (Å²) in [5.74, 6) is 0.473. The van der Waals surface area contributed by atoms with E-state index < -0.39 is 0 Å². The van der Waals surface area contributed by atoms with E-state index in [4.69, 9.17) is 4.42 Å². The van der Waals surface area contributed by atoms with Gasteiger partial charge >= 0.3 is 0 Å². The van der Waals surface area contributed by atoms with Crippen LogP contribution in [0.1, 0.15) is 21.8 Å². The van der Waals surface area contributed by atoms with E-state index in [0.717, 1.165) is 12.2 Å². The second kappa shape index (κ2) is 6.93. The topological polar surface area (TPSA) is 78.6 Å². The van der Waals surface area contributed by atoms with Crippen LogP contribution in [0.25, 0.3) is 0 Å². The number of furan rings is 1. The monoisotopic (exact) mass is 315 g/mol. The Labute approximate surface area is 135 Å². The number of carbonyl (C=O) groups excluding carboxylic acids is 1. The lowest BCUT2D eigenvalue weighted by Gasteiger charge is -2.17. The minimum atomic E-state index is -0.153. The summed E-state index contributed by atoms with van der Waals surface area (Å²) in [6, 6.07) is 7.42. The fourth-order valence-electron chi connectivity index (χ4n) is 3.03. The van der Waals surface area contributed by atoms with Crippen LogP contribution in [0.3, 0.4) is 0 Å². The molecule has 3 rings (SSSR count). The van der Waals surface area contributed by atoms with Gasteiger partial charge in [-0.05, 0) is 25.1 Å². The Balaban J connectivity index is 1.63. The lowest BCUT2D eigenvalue weighted by Crippen LogP contribution is -2.41. The summed E-state index contributed by atoms with van der Waals surface area (Å²) in [5, 5.41) is 12.6. The lowest BCUT2D eigenvalue weighted by molar-refractivity contribution is 0.0919. The van der Waals surface area contributed by atoms with Gasteiger partial charge in [0.05, 0.1) is 17.5 Å². The van der Waals surface area contributed by atoms with Crippen molar-refractivity contribution in [2.75, 3.05) is 19.7 Å². The Morgan fingerprint density at radius 1 is 1.43 bits per heavy atom. The molecule has 2 aromatic heterocycles. The molecule has 6 heteroatoms. The van der Waals surface area contributed by atoms with Gasteiger partial charge in [-0.15, -0.1) is 0 Å². The van der Waals surface area contributed by atoms with Gasteiger partial charge in [0.25, 0.3) is 5.91 Å². The van der Waals surface area contributed by atoms with Gasteiger partial charge in [0.15, 0.2) is 0 Å². The summed E-state index contributed by atoms with van der Waals surface area (Å²) < 4.78 is 5.17. The molecule has 1 amide bonds. The number of aliphatic hydroxyl groups excluding tert-OH is 1. The number of amides is 1. The number of aryl methyl sites for hydroxylation is 1. The molecule has 2 N–H and O–H groups in total. The largest absolute Gasteiger partial charge is 0.469 e. The minimum Gasteiger partial charge on any atom is -0.469 e. The Bertz CT molecular complexity index is 656. The SMILES string of the molecule is Cc1occc1C(=O)N[C@@H]1CN(Cc2ccccn2)C[C@H]1CO. The Morgan fingerprint density at radius 3 is 2.96 bits per heavy atom. The Kier molecular flexibility index (Phi) is 4.73. The highest BCUT2D eigenvalue weighted by molar-refractivity contribution is 5.95. The quantitative estimate of drug-likeness (QED) is 0.867. The van der Waals surface area contributed by atoms with E-state index in [0.29, 0.717) is 24.4 Å². The highest BCUT2D eigenvalue weighted by Gasteiger charge is 2.33. The molecule has 0 radical (unpaired) electrons. The first-order valence-electron chi connectivity index (χ1n) is 7.75. The van der Waals surface area contributed by atoms with E-state index in [1.807, 2.05) is 18.2 Å². The fraction of sp³-hybridized carbons (Fsp3) is 0.412. The van der Waals surface area contributed by atoms with Gasteiger partial charge in [-0.3, -0.25) is 14.7 Å². The van der Waals surface area contributed by atoms with E-state index in [1.165, 1.54) is 6.26 Å². The summed E-state index contributed by atoms with van der Waals surface area (Å²) in [5.41, 5.74) is 1.53. The molecule has 23 heavy (non-hydrogen) atoms. The minimum absolute atomic E-state index is 0.0230. The molecule has 2 aromatic rings. The molecule has 0 unspecified atom stereocenters. The molecule has 3 heterocycles. The number of rotatable bonds is 5. The molecule has 1 saturated heterocycles. The molecule has 6 nitrogen and oxygen atoms in total. The van der Waals surface area contributed by atoms with Crippen LogP contribution < -0.4 is 5.32 Å². The lowest BCUT2D eigenvalue weighted by atomic mass is 10.0. The number of pyridine rings is 1. The smallest absolute Gasteiger partial charge is 0.255 e. The van der Waals surface area contributed by atoms with Gasteiger partial charge in [0.1, 0.15) is 5.76 Å². The predicted molar refractivity (Wildman–Crippen MR) is 84.8 cm³/mol. The first-order chi connectivity index (χ1) is 11.2. The van der Waals surface area contributed by atoms with Crippen molar-refractivity contribution in [3.8, 4) is 0 Å². The van der Waals surface area contributed by atoms with Crippen LogP contribution in [0.15, 0.2) is 41.1 Å². The molecule has 1 aliphatic rings. The van der Waals surface area contributed by atoms with Crippen LogP contribution in [-0.2, 0) is 6.54 Å². The molecule has 0 saturated carbocycles. The molecule has 1 fully saturated rings. The van der Waals surface area contributed by atoms with E-state index >= 15 is 0 Å². The number of aliphatic hydroxyl groups is 1. The molecule has 122 valence electrons. The molecule has 0 bridgehead atoms. The number of nitrogens with one attached hydrogen (secondary N) is 1. The Hall–Kier alpha value is -2.18. The third-order valence-corrected chi connectivity index (χ3v) is 4.28. The van der Waals surface area contributed by atoms with Crippen molar-refractivity contribution >= 4 is 5.91 Å². The summed E-state index contributed by atoms with van der Waals surface area (Å²) in [6.45, 7) is 3.97. The van der Waals surface area contributed by atoms with E-state index in [1.54, 1.807) is 19.2 Å². The maximum atomic E-state index is 12.3. The number of hydrogen-bond acceptors (Lipinski definition) is 5. The van der Waals surface area contributed by atoms with Crippen LogP contribution in [0, 0.1) is 12.8 Å². The van der Waals surface area contributed by atoms with Crippen molar-refractivity contribution < 1.29 is 14.3 Å². The van der Waals surface area contributed by atoms with Crippen LogP contribution in [-0.4, -0.2) is 46.6 Å². The van der Waals surface area contributed by atoms with Crippen molar-refractivity contribution in [2.24, 2.45) is 5.92 Å². The van der Waals surface area contributed by atoms with E-state index in [2.05, 4.69) is 15.2 Å². The highest BCUT2D eigenvalue weighted by Crippen LogP contribution is 2.19. The van der Waals surface area contributed by atoms with Crippen LogP contribution in [0.4, 0.5) is 0 Å². The van der Waals surface area contributed by atoms with Crippen molar-refractivity contribution in [3.05, 3.63) is 53.7 Å². The molecular formula is C17H21N3O3. The van der Waals surface area contributed by atoms with Crippen LogP contribution in [0.5, 0.6) is 0 Å². The third-order valence-electron chi connectivity index (χ3n) is 4.28. The van der Waals surface area contributed by atoms with E-state index in [-0.39, 0.29) is 24.5 Å². The molecule has 0 aliphatic carbocycles. The van der Waals surface area contributed by atoms with Crippen molar-refractivity contribution in [1.29, 1.82) is 0 Å². The maximum absolute atomic E-state index is 12.3. The molecular weight excluding hydrogens is 294 g/mol. The molecule has 0 spiro atoms. The summed E-state index contributed by atoms with van der Waals surface area (Å²) in [7, 11) is 0. The number of aromatic nitrogens is 1. The van der Waals surface area contributed by atoms with Gasteiger partial charge < -0.3 is 14.8 Å².